The summed E-state index contributed by atoms with van der Waals surface area (Å²) in [5, 5.41) is 9.45. The summed E-state index contributed by atoms with van der Waals surface area (Å²) in [5.41, 5.74) is 8.88. The first-order valence-electron chi connectivity index (χ1n) is 8.64. The van der Waals surface area contributed by atoms with Gasteiger partial charge in [0.25, 0.3) is 0 Å². The fourth-order valence-electron chi connectivity index (χ4n) is 3.83. The molecule has 0 aliphatic heterocycles. The first-order chi connectivity index (χ1) is 12.1. The Morgan fingerprint density at radius 2 is 1.64 bits per heavy atom. The van der Waals surface area contributed by atoms with Gasteiger partial charge in [-0.2, -0.15) is 0 Å². The van der Waals surface area contributed by atoms with Gasteiger partial charge in [-0.25, -0.2) is 4.79 Å². The zero-order valence-electron chi connectivity index (χ0n) is 14.4. The highest BCUT2D eigenvalue weighted by molar-refractivity contribution is 5.91. The Morgan fingerprint density at radius 3 is 2.40 bits per heavy atom. The van der Waals surface area contributed by atoms with Crippen LogP contribution in [-0.4, -0.2) is 11.1 Å². The van der Waals surface area contributed by atoms with E-state index in [0.29, 0.717) is 5.56 Å². The van der Waals surface area contributed by atoms with E-state index >= 15 is 0 Å². The maximum atomic E-state index is 11.5. The lowest BCUT2D eigenvalue weighted by atomic mass is 9.90. The molecule has 0 bridgehead atoms. The maximum absolute atomic E-state index is 11.5. The molecule has 0 radical (unpaired) electrons. The Kier molecular flexibility index (Phi) is 3.69. The van der Waals surface area contributed by atoms with E-state index in [0.717, 1.165) is 17.5 Å². The van der Waals surface area contributed by atoms with Gasteiger partial charge >= 0.3 is 5.97 Å². The normalized spacial score (nSPS) is 12.1. The fraction of sp³-hybridized carbons (Fsp3) is 0.174. The minimum atomic E-state index is -0.860. The predicted octanol–water partition coefficient (Wildman–Crippen LogP) is 5.75. The van der Waals surface area contributed by atoms with Gasteiger partial charge in [0, 0.05) is 0 Å². The topological polar surface area (TPSA) is 37.3 Å². The van der Waals surface area contributed by atoms with Crippen LogP contribution in [0.25, 0.3) is 22.3 Å². The molecule has 1 aliphatic rings. The van der Waals surface area contributed by atoms with Crippen LogP contribution in [-0.2, 0) is 6.42 Å². The summed E-state index contributed by atoms with van der Waals surface area (Å²) in [6.07, 6.45) is 0.930. The third-order valence-electron chi connectivity index (χ3n) is 5.07. The van der Waals surface area contributed by atoms with Crippen molar-refractivity contribution in [3.05, 3.63) is 82.9 Å². The van der Waals surface area contributed by atoms with Gasteiger partial charge in [0.05, 0.1) is 5.56 Å². The lowest BCUT2D eigenvalue weighted by Gasteiger charge is -2.14. The molecular formula is C23H20O2. The van der Waals surface area contributed by atoms with E-state index in [1.165, 1.54) is 27.8 Å². The van der Waals surface area contributed by atoms with Gasteiger partial charge < -0.3 is 5.11 Å². The van der Waals surface area contributed by atoms with E-state index in [4.69, 9.17) is 0 Å². The van der Waals surface area contributed by atoms with Crippen LogP contribution in [0.2, 0.25) is 0 Å². The number of carboxylic acids is 1. The Balaban J connectivity index is 1.88. The van der Waals surface area contributed by atoms with E-state index in [9.17, 15) is 9.90 Å². The second kappa shape index (κ2) is 5.89. The summed E-state index contributed by atoms with van der Waals surface area (Å²) in [7, 11) is 0. The van der Waals surface area contributed by atoms with Crippen LogP contribution >= 0.6 is 0 Å². The van der Waals surface area contributed by atoms with Crippen molar-refractivity contribution in [1.82, 2.24) is 0 Å². The summed E-state index contributed by atoms with van der Waals surface area (Å²) in [6.45, 7) is 4.08. The van der Waals surface area contributed by atoms with E-state index in [-0.39, 0.29) is 5.92 Å². The van der Waals surface area contributed by atoms with Crippen molar-refractivity contribution < 1.29 is 9.90 Å². The van der Waals surface area contributed by atoms with Crippen LogP contribution < -0.4 is 0 Å². The SMILES string of the molecule is CC(C)c1cc(-c2cccc3c2Cc2ccccc2-3)ccc1C(=O)O. The third-order valence-corrected chi connectivity index (χ3v) is 5.07. The molecule has 0 saturated heterocycles. The molecule has 0 heterocycles. The Hall–Kier alpha value is -2.87. The van der Waals surface area contributed by atoms with E-state index < -0.39 is 5.97 Å². The average molecular weight is 328 g/mol. The predicted molar refractivity (Wildman–Crippen MR) is 101 cm³/mol. The molecule has 1 aliphatic carbocycles. The van der Waals surface area contributed by atoms with Gasteiger partial charge in [0.15, 0.2) is 0 Å². The summed E-state index contributed by atoms with van der Waals surface area (Å²) < 4.78 is 0. The molecule has 2 heteroatoms. The van der Waals surface area contributed by atoms with Crippen LogP contribution in [0.5, 0.6) is 0 Å². The first kappa shape index (κ1) is 15.6. The van der Waals surface area contributed by atoms with E-state index in [1.807, 2.05) is 26.0 Å². The standard InChI is InChI=1S/C23H20O2/c1-14(2)21-12-16(10-11-20(21)23(24)25)18-8-5-9-19-17-7-4-3-6-15(17)13-22(18)19/h3-12,14H,13H2,1-2H3,(H,24,25). The fourth-order valence-corrected chi connectivity index (χ4v) is 3.83. The minimum absolute atomic E-state index is 0.167. The third kappa shape index (κ3) is 2.54. The molecular weight excluding hydrogens is 308 g/mol. The highest BCUT2D eigenvalue weighted by Crippen LogP contribution is 2.42. The van der Waals surface area contributed by atoms with Gasteiger partial charge in [-0.15, -0.1) is 0 Å². The van der Waals surface area contributed by atoms with Gasteiger partial charge in [-0.05, 0) is 57.3 Å². The molecule has 0 saturated carbocycles. The second-order valence-electron chi connectivity index (χ2n) is 6.93. The molecule has 0 unspecified atom stereocenters. The summed E-state index contributed by atoms with van der Waals surface area (Å²) in [5.74, 6) is -0.694. The van der Waals surface area contributed by atoms with Crippen molar-refractivity contribution in [3.63, 3.8) is 0 Å². The van der Waals surface area contributed by atoms with Crippen molar-refractivity contribution in [2.24, 2.45) is 0 Å². The van der Waals surface area contributed by atoms with Crippen LogP contribution in [0.1, 0.15) is 46.8 Å². The summed E-state index contributed by atoms with van der Waals surface area (Å²) >= 11 is 0. The first-order valence-corrected chi connectivity index (χ1v) is 8.64. The van der Waals surface area contributed by atoms with Crippen molar-refractivity contribution in [3.8, 4) is 22.3 Å². The van der Waals surface area contributed by atoms with Crippen LogP contribution in [0, 0.1) is 0 Å². The molecule has 124 valence electrons. The quantitative estimate of drug-likeness (QED) is 0.520. The average Bonchev–Trinajstić information content (AvgIpc) is 2.99. The zero-order valence-corrected chi connectivity index (χ0v) is 14.4. The molecule has 0 aromatic heterocycles. The van der Waals surface area contributed by atoms with Gasteiger partial charge in [-0.3, -0.25) is 0 Å². The minimum Gasteiger partial charge on any atom is -0.478 e. The molecule has 0 amide bonds. The molecule has 0 spiro atoms. The van der Waals surface area contributed by atoms with Crippen molar-refractivity contribution in [2.75, 3.05) is 0 Å². The maximum Gasteiger partial charge on any atom is 0.335 e. The Labute approximate surface area is 147 Å². The van der Waals surface area contributed by atoms with Crippen molar-refractivity contribution >= 4 is 5.97 Å². The summed E-state index contributed by atoms with van der Waals surface area (Å²) in [4.78, 5) is 11.5. The van der Waals surface area contributed by atoms with Crippen LogP contribution in [0.3, 0.4) is 0 Å². The number of benzene rings is 3. The number of carbonyl (C=O) groups is 1. The van der Waals surface area contributed by atoms with Gasteiger partial charge in [0.1, 0.15) is 0 Å². The van der Waals surface area contributed by atoms with E-state index in [2.05, 4.69) is 42.5 Å². The number of fused-ring (bicyclic) bond motifs is 3. The van der Waals surface area contributed by atoms with Crippen LogP contribution in [0.4, 0.5) is 0 Å². The van der Waals surface area contributed by atoms with E-state index in [1.54, 1.807) is 6.07 Å². The lowest BCUT2D eigenvalue weighted by Crippen LogP contribution is -2.04. The number of hydrogen-bond donors (Lipinski definition) is 1. The van der Waals surface area contributed by atoms with Gasteiger partial charge in [-0.1, -0.05) is 68.4 Å². The van der Waals surface area contributed by atoms with Crippen molar-refractivity contribution in [2.45, 2.75) is 26.2 Å². The molecule has 4 rings (SSSR count). The molecule has 3 aromatic carbocycles. The number of aromatic carboxylic acids is 1. The van der Waals surface area contributed by atoms with Gasteiger partial charge in [0.2, 0.25) is 0 Å². The highest BCUT2D eigenvalue weighted by atomic mass is 16.4. The largest absolute Gasteiger partial charge is 0.478 e. The number of carboxylic acid groups (broad SMARTS) is 1. The smallest absolute Gasteiger partial charge is 0.335 e. The molecule has 3 aromatic rings. The molecule has 0 atom stereocenters. The molecule has 2 nitrogen and oxygen atoms in total. The number of hydrogen-bond acceptors (Lipinski definition) is 1. The number of rotatable bonds is 3. The lowest BCUT2D eigenvalue weighted by molar-refractivity contribution is 0.0695. The monoisotopic (exact) mass is 328 g/mol. The Bertz CT molecular complexity index is 983. The second-order valence-corrected chi connectivity index (χ2v) is 6.93. The zero-order chi connectivity index (χ0) is 17.6. The van der Waals surface area contributed by atoms with Crippen molar-refractivity contribution in [1.29, 1.82) is 0 Å². The summed E-state index contributed by atoms with van der Waals surface area (Å²) in [6, 6.07) is 20.7. The molecule has 0 fully saturated rings. The Morgan fingerprint density at radius 1 is 0.920 bits per heavy atom. The molecule has 25 heavy (non-hydrogen) atoms. The van der Waals surface area contributed by atoms with Crippen LogP contribution in [0.15, 0.2) is 60.7 Å². The molecule has 1 N–H and O–H groups in total. The highest BCUT2D eigenvalue weighted by Gasteiger charge is 2.22.